The van der Waals surface area contributed by atoms with E-state index in [1.54, 1.807) is 11.6 Å². The van der Waals surface area contributed by atoms with Gasteiger partial charge in [-0.2, -0.15) is 5.10 Å². The van der Waals surface area contributed by atoms with Crippen LogP contribution in [-0.2, 0) is 17.8 Å². The van der Waals surface area contributed by atoms with Gasteiger partial charge in [0.25, 0.3) is 5.91 Å². The van der Waals surface area contributed by atoms with E-state index in [0.29, 0.717) is 34.0 Å². The van der Waals surface area contributed by atoms with E-state index in [1.165, 1.54) is 11.3 Å². The molecule has 142 valence electrons. The number of hydrogen-bond donors (Lipinski definition) is 1. The Balaban J connectivity index is 1.66. The van der Waals surface area contributed by atoms with Crippen molar-refractivity contribution < 1.29 is 9.53 Å². The number of aromatic nitrogens is 3. The Morgan fingerprint density at radius 1 is 1.42 bits per heavy atom. The molecule has 0 saturated carbocycles. The Labute approximate surface area is 162 Å². The Morgan fingerprint density at radius 2 is 2.15 bits per heavy atom. The molecule has 0 bridgehead atoms. The molecule has 3 rings (SSSR count). The minimum Gasteiger partial charge on any atom is -0.379 e. The number of nitrogens with zero attached hydrogens (tertiary/aromatic N) is 4. The SMILES string of the molecule is Cc1nn(CC(C)C)c(Cl)c1C(=O)Nc1nc(CN2CCOCC2)cs1. The zero-order chi connectivity index (χ0) is 18.7. The maximum Gasteiger partial charge on any atom is 0.262 e. The normalized spacial score (nSPS) is 15.6. The molecule has 1 saturated heterocycles. The molecular formula is C17H24ClN5O2S. The molecule has 0 unspecified atom stereocenters. The fraction of sp³-hybridized carbons (Fsp3) is 0.588. The van der Waals surface area contributed by atoms with Gasteiger partial charge in [0.05, 0.1) is 30.2 Å². The van der Waals surface area contributed by atoms with Crippen molar-refractivity contribution in [2.24, 2.45) is 5.92 Å². The van der Waals surface area contributed by atoms with Crippen LogP contribution in [-0.4, -0.2) is 51.9 Å². The second-order valence-corrected chi connectivity index (χ2v) is 8.03. The summed E-state index contributed by atoms with van der Waals surface area (Å²) < 4.78 is 7.04. The van der Waals surface area contributed by atoms with Crippen molar-refractivity contribution in [3.63, 3.8) is 0 Å². The summed E-state index contributed by atoms with van der Waals surface area (Å²) in [5.41, 5.74) is 1.99. The number of aryl methyl sites for hydroxylation is 1. The van der Waals surface area contributed by atoms with Crippen LogP contribution in [0, 0.1) is 12.8 Å². The molecule has 0 radical (unpaired) electrons. The fourth-order valence-corrected chi connectivity index (χ4v) is 3.89. The number of halogens is 1. The molecule has 0 spiro atoms. The molecule has 1 fully saturated rings. The van der Waals surface area contributed by atoms with Crippen LogP contribution >= 0.6 is 22.9 Å². The number of nitrogens with one attached hydrogen (secondary N) is 1. The second kappa shape index (κ2) is 8.47. The lowest BCUT2D eigenvalue weighted by molar-refractivity contribution is 0.0337. The number of hydrogen-bond acceptors (Lipinski definition) is 6. The standard InChI is InChI=1S/C17H24ClN5O2S/c1-11(2)8-23-15(18)14(12(3)21-23)16(24)20-17-19-13(10-26-17)9-22-4-6-25-7-5-22/h10-11H,4-9H2,1-3H3,(H,19,20,24). The second-order valence-electron chi connectivity index (χ2n) is 6.81. The molecule has 0 aromatic carbocycles. The average Bonchev–Trinajstić information content (AvgIpc) is 3.12. The summed E-state index contributed by atoms with van der Waals surface area (Å²) in [6.45, 7) is 10.7. The van der Waals surface area contributed by atoms with Crippen LogP contribution in [0.25, 0.3) is 0 Å². The zero-order valence-corrected chi connectivity index (χ0v) is 16.9. The summed E-state index contributed by atoms with van der Waals surface area (Å²) in [6, 6.07) is 0. The molecule has 1 aliphatic rings. The number of carbonyl (C=O) groups is 1. The molecule has 1 amide bonds. The topological polar surface area (TPSA) is 72.3 Å². The molecule has 2 aromatic rings. The van der Waals surface area contributed by atoms with Crippen LogP contribution in [0.2, 0.25) is 5.15 Å². The summed E-state index contributed by atoms with van der Waals surface area (Å²) in [5.74, 6) is 0.124. The highest BCUT2D eigenvalue weighted by Gasteiger charge is 2.22. The van der Waals surface area contributed by atoms with Crippen LogP contribution in [0.4, 0.5) is 5.13 Å². The van der Waals surface area contributed by atoms with Crippen LogP contribution in [0.5, 0.6) is 0 Å². The molecular weight excluding hydrogens is 374 g/mol. The van der Waals surface area contributed by atoms with E-state index in [-0.39, 0.29) is 5.91 Å². The number of anilines is 1. The molecule has 1 N–H and O–H groups in total. The van der Waals surface area contributed by atoms with Gasteiger partial charge in [-0.15, -0.1) is 11.3 Å². The highest BCUT2D eigenvalue weighted by molar-refractivity contribution is 7.14. The van der Waals surface area contributed by atoms with E-state index in [2.05, 4.69) is 34.1 Å². The fourth-order valence-electron chi connectivity index (χ4n) is 2.86. The molecule has 9 heteroatoms. The molecule has 3 heterocycles. The van der Waals surface area contributed by atoms with Gasteiger partial charge in [-0.3, -0.25) is 19.7 Å². The maximum absolute atomic E-state index is 12.6. The van der Waals surface area contributed by atoms with Crippen LogP contribution < -0.4 is 5.32 Å². The van der Waals surface area contributed by atoms with Gasteiger partial charge >= 0.3 is 0 Å². The van der Waals surface area contributed by atoms with Crippen molar-refractivity contribution in [1.29, 1.82) is 0 Å². The number of amides is 1. The maximum atomic E-state index is 12.6. The highest BCUT2D eigenvalue weighted by atomic mass is 35.5. The highest BCUT2D eigenvalue weighted by Crippen LogP contribution is 2.24. The first-order valence-electron chi connectivity index (χ1n) is 8.72. The number of thiazole rings is 1. The van der Waals surface area contributed by atoms with Gasteiger partial charge in [0.2, 0.25) is 0 Å². The zero-order valence-electron chi connectivity index (χ0n) is 15.3. The van der Waals surface area contributed by atoms with Crippen molar-refractivity contribution in [1.82, 2.24) is 19.7 Å². The summed E-state index contributed by atoms with van der Waals surface area (Å²) in [5, 5.41) is 10.2. The quantitative estimate of drug-likeness (QED) is 0.811. The number of rotatable bonds is 6. The molecule has 1 aliphatic heterocycles. The van der Waals surface area contributed by atoms with Gasteiger partial charge in [0, 0.05) is 31.6 Å². The first-order valence-corrected chi connectivity index (χ1v) is 9.98. The Hall–Kier alpha value is -1.48. The van der Waals surface area contributed by atoms with Crippen molar-refractivity contribution in [3.8, 4) is 0 Å². The van der Waals surface area contributed by atoms with Gasteiger partial charge in [-0.25, -0.2) is 4.98 Å². The molecule has 26 heavy (non-hydrogen) atoms. The molecule has 7 nitrogen and oxygen atoms in total. The van der Waals surface area contributed by atoms with Gasteiger partial charge in [0.1, 0.15) is 5.15 Å². The Kier molecular flexibility index (Phi) is 6.29. The minimum atomic E-state index is -0.269. The smallest absolute Gasteiger partial charge is 0.262 e. The summed E-state index contributed by atoms with van der Waals surface area (Å²) in [6.07, 6.45) is 0. The summed E-state index contributed by atoms with van der Waals surface area (Å²) in [7, 11) is 0. The lowest BCUT2D eigenvalue weighted by Crippen LogP contribution is -2.35. The Morgan fingerprint density at radius 3 is 2.85 bits per heavy atom. The van der Waals surface area contributed by atoms with E-state index >= 15 is 0 Å². The van der Waals surface area contributed by atoms with Crippen molar-refractivity contribution >= 4 is 34.0 Å². The summed E-state index contributed by atoms with van der Waals surface area (Å²) >= 11 is 7.79. The number of morpholine rings is 1. The Bertz CT molecular complexity index is 767. The van der Waals surface area contributed by atoms with Crippen molar-refractivity contribution in [2.75, 3.05) is 31.6 Å². The van der Waals surface area contributed by atoms with Gasteiger partial charge in [-0.1, -0.05) is 25.4 Å². The third kappa shape index (κ3) is 4.62. The lowest BCUT2D eigenvalue weighted by Gasteiger charge is -2.25. The van der Waals surface area contributed by atoms with Crippen LogP contribution in [0.3, 0.4) is 0 Å². The monoisotopic (exact) mass is 397 g/mol. The first-order chi connectivity index (χ1) is 12.4. The minimum absolute atomic E-state index is 0.269. The van der Waals surface area contributed by atoms with Crippen molar-refractivity contribution in [3.05, 3.63) is 27.5 Å². The van der Waals surface area contributed by atoms with Gasteiger partial charge < -0.3 is 4.74 Å². The molecule has 0 atom stereocenters. The van der Waals surface area contributed by atoms with E-state index in [0.717, 1.165) is 38.5 Å². The van der Waals surface area contributed by atoms with Crippen LogP contribution in [0.15, 0.2) is 5.38 Å². The predicted octanol–water partition coefficient (Wildman–Crippen LogP) is 3.04. The number of ether oxygens (including phenoxy) is 1. The summed E-state index contributed by atoms with van der Waals surface area (Å²) in [4.78, 5) is 19.5. The molecule has 2 aromatic heterocycles. The average molecular weight is 398 g/mol. The first kappa shape index (κ1) is 19.3. The van der Waals surface area contributed by atoms with Gasteiger partial charge in [0.15, 0.2) is 5.13 Å². The predicted molar refractivity (Wildman–Crippen MR) is 103 cm³/mol. The third-order valence-electron chi connectivity index (χ3n) is 4.09. The lowest BCUT2D eigenvalue weighted by atomic mass is 10.2. The van der Waals surface area contributed by atoms with Crippen molar-refractivity contribution in [2.45, 2.75) is 33.9 Å². The van der Waals surface area contributed by atoms with Gasteiger partial charge in [-0.05, 0) is 12.8 Å². The molecule has 0 aliphatic carbocycles. The largest absolute Gasteiger partial charge is 0.379 e. The number of carbonyl (C=O) groups excluding carboxylic acids is 1. The van der Waals surface area contributed by atoms with E-state index in [1.807, 2.05) is 5.38 Å². The van der Waals surface area contributed by atoms with E-state index in [9.17, 15) is 4.79 Å². The van der Waals surface area contributed by atoms with E-state index < -0.39 is 0 Å². The van der Waals surface area contributed by atoms with E-state index in [4.69, 9.17) is 16.3 Å². The third-order valence-corrected chi connectivity index (χ3v) is 5.28. The van der Waals surface area contributed by atoms with Crippen LogP contribution in [0.1, 0.15) is 35.6 Å².